The number of hydrogen-bond acceptors (Lipinski definition) is 6. The van der Waals surface area contributed by atoms with Crippen molar-refractivity contribution in [1.82, 2.24) is 10.5 Å². The summed E-state index contributed by atoms with van der Waals surface area (Å²) >= 11 is 0. The van der Waals surface area contributed by atoms with Crippen molar-refractivity contribution in [2.24, 2.45) is 0 Å². The van der Waals surface area contributed by atoms with Gasteiger partial charge in [-0.15, -0.1) is 0 Å². The third-order valence-electron chi connectivity index (χ3n) is 2.83. The van der Waals surface area contributed by atoms with E-state index in [1.165, 1.54) is 7.11 Å². The zero-order valence-corrected chi connectivity index (χ0v) is 11.9. The minimum atomic E-state index is -0.324. The Morgan fingerprint density at radius 2 is 2.19 bits per heavy atom. The van der Waals surface area contributed by atoms with E-state index in [9.17, 15) is 4.79 Å². The first kappa shape index (κ1) is 14.9. The van der Waals surface area contributed by atoms with E-state index in [0.717, 1.165) is 5.56 Å². The van der Waals surface area contributed by atoms with Crippen LogP contribution in [0.4, 0.5) is 5.69 Å². The number of hydrogen-bond donors (Lipinski definition) is 2. The zero-order valence-electron chi connectivity index (χ0n) is 11.9. The second-order valence-corrected chi connectivity index (χ2v) is 4.37. The summed E-state index contributed by atoms with van der Waals surface area (Å²) in [7, 11) is 3.09. The summed E-state index contributed by atoms with van der Waals surface area (Å²) in [6.45, 7) is 0.606. The van der Waals surface area contributed by atoms with E-state index >= 15 is 0 Å². The van der Waals surface area contributed by atoms with Crippen molar-refractivity contribution in [3.63, 3.8) is 0 Å². The highest BCUT2D eigenvalue weighted by Crippen LogP contribution is 2.21. The first-order valence-corrected chi connectivity index (χ1v) is 6.29. The lowest BCUT2D eigenvalue weighted by molar-refractivity contribution is 0.0941. The number of amides is 1. The van der Waals surface area contributed by atoms with Crippen molar-refractivity contribution in [3.8, 4) is 5.75 Å². The van der Waals surface area contributed by atoms with Crippen LogP contribution in [0.3, 0.4) is 0 Å². The molecule has 1 aromatic carbocycles. The highest BCUT2D eigenvalue weighted by atomic mass is 16.5. The molecule has 7 heteroatoms. The van der Waals surface area contributed by atoms with E-state index in [4.69, 9.17) is 19.7 Å². The van der Waals surface area contributed by atoms with Crippen LogP contribution in [-0.2, 0) is 17.9 Å². The molecule has 0 atom stereocenters. The van der Waals surface area contributed by atoms with Crippen LogP contribution in [0.2, 0.25) is 0 Å². The van der Waals surface area contributed by atoms with Gasteiger partial charge in [-0.2, -0.15) is 0 Å². The largest absolute Gasteiger partial charge is 0.495 e. The Labute approximate surface area is 122 Å². The fraction of sp³-hybridized carbons (Fsp3) is 0.286. The molecule has 0 bridgehead atoms. The average molecular weight is 291 g/mol. The molecule has 0 aliphatic carbocycles. The van der Waals surface area contributed by atoms with Crippen LogP contribution < -0.4 is 15.8 Å². The molecule has 0 aliphatic heterocycles. The quantitative estimate of drug-likeness (QED) is 0.779. The van der Waals surface area contributed by atoms with Crippen molar-refractivity contribution >= 4 is 11.6 Å². The van der Waals surface area contributed by atoms with Crippen molar-refractivity contribution < 1.29 is 18.8 Å². The highest BCUT2D eigenvalue weighted by molar-refractivity contribution is 5.92. The molecule has 0 saturated heterocycles. The number of anilines is 1. The maximum atomic E-state index is 11.9. The van der Waals surface area contributed by atoms with Crippen molar-refractivity contribution in [2.45, 2.75) is 13.2 Å². The van der Waals surface area contributed by atoms with Crippen molar-refractivity contribution in [1.29, 1.82) is 0 Å². The molecule has 1 heterocycles. The lowest BCUT2D eigenvalue weighted by atomic mass is 10.2. The Morgan fingerprint density at radius 1 is 1.38 bits per heavy atom. The predicted molar refractivity (Wildman–Crippen MR) is 75.8 cm³/mol. The molecule has 0 fully saturated rings. The van der Waals surface area contributed by atoms with Crippen molar-refractivity contribution in [2.75, 3.05) is 20.0 Å². The Bertz CT molecular complexity index is 624. The zero-order chi connectivity index (χ0) is 15.2. The number of ether oxygens (including phenoxy) is 2. The number of carbonyl (C=O) groups is 1. The molecule has 112 valence electrons. The number of carbonyl (C=O) groups excluding carboxylic acids is 1. The van der Waals surface area contributed by atoms with E-state index in [0.29, 0.717) is 23.7 Å². The fourth-order valence-corrected chi connectivity index (χ4v) is 1.80. The molecule has 0 aliphatic rings. The third kappa shape index (κ3) is 3.73. The monoisotopic (exact) mass is 291 g/mol. The summed E-state index contributed by atoms with van der Waals surface area (Å²) in [6.07, 6.45) is 0. The summed E-state index contributed by atoms with van der Waals surface area (Å²) < 4.78 is 14.9. The minimum absolute atomic E-state index is 0.212. The van der Waals surface area contributed by atoms with Gasteiger partial charge in [-0.05, 0) is 17.7 Å². The number of nitrogen functional groups attached to an aromatic ring is 1. The van der Waals surface area contributed by atoms with Gasteiger partial charge in [0.25, 0.3) is 5.91 Å². The highest BCUT2D eigenvalue weighted by Gasteiger charge is 2.12. The molecule has 0 unspecified atom stereocenters. The lowest BCUT2D eigenvalue weighted by Gasteiger charge is -2.07. The molecule has 7 nitrogen and oxygen atoms in total. The molecule has 3 N–H and O–H groups in total. The standard InChI is InChI=1S/C14H17N3O4/c1-19-8-10-6-12(17-21-10)14(18)16-7-9-3-4-13(20-2)11(15)5-9/h3-6H,7-8,15H2,1-2H3,(H,16,18). The minimum Gasteiger partial charge on any atom is -0.495 e. The van der Waals surface area contributed by atoms with Crippen molar-refractivity contribution in [3.05, 3.63) is 41.3 Å². The Morgan fingerprint density at radius 3 is 2.86 bits per heavy atom. The SMILES string of the molecule is COCc1cc(C(=O)NCc2ccc(OC)c(N)c2)no1. The number of nitrogens with zero attached hydrogens (tertiary/aromatic N) is 1. The Hall–Kier alpha value is -2.54. The second-order valence-electron chi connectivity index (χ2n) is 4.37. The van der Waals surface area contributed by atoms with Gasteiger partial charge < -0.3 is 25.0 Å². The van der Waals surface area contributed by atoms with Crippen LogP contribution in [0.15, 0.2) is 28.8 Å². The van der Waals surface area contributed by atoms with Crippen LogP contribution >= 0.6 is 0 Å². The molecule has 2 rings (SSSR count). The number of aromatic nitrogens is 1. The molecule has 1 aromatic heterocycles. The van der Waals surface area contributed by atoms with Crippen LogP contribution in [0.1, 0.15) is 21.8 Å². The van der Waals surface area contributed by atoms with Crippen LogP contribution in [0.25, 0.3) is 0 Å². The molecule has 2 aromatic rings. The molecule has 0 radical (unpaired) electrons. The molecule has 1 amide bonds. The number of nitrogens with two attached hydrogens (primary N) is 1. The van der Waals surface area contributed by atoms with Gasteiger partial charge in [-0.3, -0.25) is 4.79 Å². The number of nitrogens with one attached hydrogen (secondary N) is 1. The summed E-state index contributed by atoms with van der Waals surface area (Å²) in [5, 5.41) is 6.42. The average Bonchev–Trinajstić information content (AvgIpc) is 2.94. The smallest absolute Gasteiger partial charge is 0.273 e. The number of methoxy groups -OCH3 is 2. The lowest BCUT2D eigenvalue weighted by Crippen LogP contribution is -2.23. The van der Waals surface area contributed by atoms with E-state index in [1.807, 2.05) is 6.07 Å². The van der Waals surface area contributed by atoms with Crippen LogP contribution in [0.5, 0.6) is 5.75 Å². The van der Waals surface area contributed by atoms with Gasteiger partial charge in [-0.1, -0.05) is 11.2 Å². The van der Waals surface area contributed by atoms with Crippen LogP contribution in [-0.4, -0.2) is 25.3 Å². The summed E-state index contributed by atoms with van der Waals surface area (Å²) in [5.74, 6) is 0.776. The van der Waals surface area contributed by atoms with Crippen LogP contribution in [0, 0.1) is 0 Å². The number of rotatable bonds is 6. The maximum absolute atomic E-state index is 11.9. The fourth-order valence-electron chi connectivity index (χ4n) is 1.80. The Kier molecular flexibility index (Phi) is 4.78. The van der Waals surface area contributed by atoms with Gasteiger partial charge in [0.2, 0.25) is 0 Å². The van der Waals surface area contributed by atoms with E-state index < -0.39 is 0 Å². The molecular formula is C14H17N3O4. The van der Waals surface area contributed by atoms with E-state index in [1.54, 1.807) is 25.3 Å². The van der Waals surface area contributed by atoms with Gasteiger partial charge in [-0.25, -0.2) is 0 Å². The summed E-state index contributed by atoms with van der Waals surface area (Å²) in [6, 6.07) is 6.87. The summed E-state index contributed by atoms with van der Waals surface area (Å²) in [4.78, 5) is 11.9. The second kappa shape index (κ2) is 6.76. The first-order chi connectivity index (χ1) is 10.1. The topological polar surface area (TPSA) is 99.6 Å². The van der Waals surface area contributed by atoms with E-state index in [2.05, 4.69) is 10.5 Å². The first-order valence-electron chi connectivity index (χ1n) is 6.29. The number of benzene rings is 1. The molecule has 0 saturated carbocycles. The normalized spacial score (nSPS) is 10.4. The van der Waals surface area contributed by atoms with Gasteiger partial charge in [0.15, 0.2) is 11.5 Å². The van der Waals surface area contributed by atoms with E-state index in [-0.39, 0.29) is 18.2 Å². The predicted octanol–water partition coefficient (Wildman–Crippen LogP) is 1.34. The summed E-state index contributed by atoms with van der Waals surface area (Å²) in [5.41, 5.74) is 7.40. The van der Waals surface area contributed by atoms with Gasteiger partial charge in [0.1, 0.15) is 12.4 Å². The third-order valence-corrected chi connectivity index (χ3v) is 2.83. The molecule has 0 spiro atoms. The van der Waals surface area contributed by atoms with Gasteiger partial charge >= 0.3 is 0 Å². The maximum Gasteiger partial charge on any atom is 0.273 e. The Balaban J connectivity index is 1.95. The van der Waals surface area contributed by atoms with Gasteiger partial charge in [0.05, 0.1) is 12.8 Å². The molecular weight excluding hydrogens is 274 g/mol. The molecule has 21 heavy (non-hydrogen) atoms. The van der Waals surface area contributed by atoms with Gasteiger partial charge in [0, 0.05) is 19.7 Å².